The van der Waals surface area contributed by atoms with E-state index < -0.39 is 34.5 Å². The molecule has 0 radical (unpaired) electrons. The van der Waals surface area contributed by atoms with E-state index in [1.165, 1.54) is 23.5 Å². The number of nitrogens with zero attached hydrogens (tertiary/aromatic N) is 2. The van der Waals surface area contributed by atoms with Crippen molar-refractivity contribution in [3.63, 3.8) is 0 Å². The van der Waals surface area contributed by atoms with E-state index in [9.17, 15) is 18.7 Å². The lowest BCUT2D eigenvalue weighted by Crippen LogP contribution is -2.49. The number of aliphatic hydroxyl groups is 1. The zero-order valence-corrected chi connectivity index (χ0v) is 22.2. The molecule has 1 aromatic carbocycles. The van der Waals surface area contributed by atoms with E-state index in [-0.39, 0.29) is 11.3 Å². The van der Waals surface area contributed by atoms with Crippen molar-refractivity contribution >= 4 is 33.0 Å². The molecule has 0 aliphatic carbocycles. The number of carbonyl (C=O) groups is 1. The molecule has 0 amide bonds. The van der Waals surface area contributed by atoms with Crippen LogP contribution in [0.25, 0.3) is 10.1 Å². The smallest absolute Gasteiger partial charge is 0.303 e. The first kappa shape index (κ1) is 27.4. The summed E-state index contributed by atoms with van der Waals surface area (Å²) < 4.78 is 51.3. The second kappa shape index (κ2) is 9.94. The van der Waals surface area contributed by atoms with Crippen molar-refractivity contribution in [1.29, 1.82) is 0 Å². The number of benzene rings is 1. The predicted molar refractivity (Wildman–Crippen MR) is 137 cm³/mol. The van der Waals surface area contributed by atoms with Crippen LogP contribution in [0, 0.1) is 12.7 Å². The van der Waals surface area contributed by atoms with Gasteiger partial charge in [-0.25, -0.2) is 4.39 Å². The molecule has 2 aromatic heterocycles. The first-order valence-electron chi connectivity index (χ1n) is 12.1. The number of methoxy groups -OCH3 is 1. The van der Waals surface area contributed by atoms with E-state index in [0.717, 1.165) is 24.6 Å². The van der Waals surface area contributed by atoms with Crippen LogP contribution in [0.1, 0.15) is 66.1 Å². The number of piperidine rings is 1. The van der Waals surface area contributed by atoms with Gasteiger partial charge in [0.25, 0.3) is 0 Å². The second-order valence-electron chi connectivity index (χ2n) is 9.97. The summed E-state index contributed by atoms with van der Waals surface area (Å²) in [6, 6.07) is 4.66. The number of ketones is 1. The summed E-state index contributed by atoms with van der Waals surface area (Å²) in [5, 5.41) is 25.3. The largest absolute Gasteiger partial charge is 0.384 e. The number of hydrogen-bond acceptors (Lipinski definition) is 8. The molecule has 4 rings (SSSR count). The van der Waals surface area contributed by atoms with Crippen LogP contribution in [0.15, 0.2) is 24.3 Å². The van der Waals surface area contributed by atoms with Crippen molar-refractivity contribution in [1.82, 2.24) is 15.5 Å². The Labute approximate surface area is 217 Å². The molecule has 37 heavy (non-hydrogen) atoms. The fraction of sp³-hybridized carbons (Fsp3) is 0.500. The van der Waals surface area contributed by atoms with Gasteiger partial charge in [0.2, 0.25) is 5.78 Å². The number of aromatic nitrogens is 2. The minimum Gasteiger partial charge on any atom is -0.384 e. The molecule has 0 bridgehead atoms. The highest BCUT2D eigenvalue weighted by Gasteiger charge is 2.49. The molecule has 7 nitrogen and oxygen atoms in total. The Morgan fingerprint density at radius 1 is 1.27 bits per heavy atom. The van der Waals surface area contributed by atoms with Crippen molar-refractivity contribution in [3.05, 3.63) is 51.8 Å². The summed E-state index contributed by atoms with van der Waals surface area (Å²) in [7, 11) is 1.55. The van der Waals surface area contributed by atoms with Gasteiger partial charge in [-0.05, 0) is 65.8 Å². The van der Waals surface area contributed by atoms with Crippen molar-refractivity contribution in [3.8, 4) is 0 Å². The lowest BCUT2D eigenvalue weighted by Gasteiger charge is -2.34. The molecule has 0 unspecified atom stereocenters. The lowest BCUT2D eigenvalue weighted by atomic mass is 9.87. The number of anilines is 1. The van der Waals surface area contributed by atoms with Gasteiger partial charge < -0.3 is 20.5 Å². The van der Waals surface area contributed by atoms with Crippen molar-refractivity contribution in [2.75, 3.05) is 25.5 Å². The summed E-state index contributed by atoms with van der Waals surface area (Å²) in [5.74, 6) is -4.72. The molecule has 3 aromatic rings. The number of hydrogen-bond donors (Lipinski definition) is 3. The highest BCUT2D eigenvalue weighted by atomic mass is 32.1. The Morgan fingerprint density at radius 2 is 1.95 bits per heavy atom. The highest BCUT2D eigenvalue weighted by molar-refractivity contribution is 7.21. The second-order valence-corrected chi connectivity index (χ2v) is 11.0. The summed E-state index contributed by atoms with van der Waals surface area (Å²) in [4.78, 5) is 14.0. The average molecular weight is 537 g/mol. The Hall–Kier alpha value is -2.60. The number of Topliss-reactive ketones (excluding diaryl/α,β-unsaturated/α-hetero) is 1. The minimum absolute atomic E-state index is 0.0171. The molecule has 3 heterocycles. The topological polar surface area (TPSA) is 96.4 Å². The van der Waals surface area contributed by atoms with Crippen LogP contribution in [-0.4, -0.2) is 52.5 Å². The first-order chi connectivity index (χ1) is 17.3. The molecule has 0 spiro atoms. The van der Waals surface area contributed by atoms with Gasteiger partial charge in [-0.2, -0.15) is 13.9 Å². The fourth-order valence-electron chi connectivity index (χ4n) is 4.60. The summed E-state index contributed by atoms with van der Waals surface area (Å²) in [6.07, 6.45) is 1.11. The summed E-state index contributed by atoms with van der Waals surface area (Å²) in [6.45, 7) is 6.62. The third-order valence-electron chi connectivity index (χ3n) is 7.01. The van der Waals surface area contributed by atoms with Gasteiger partial charge in [-0.1, -0.05) is 12.1 Å². The average Bonchev–Trinajstić information content (AvgIpc) is 3.31. The number of thiophene rings is 1. The van der Waals surface area contributed by atoms with Crippen LogP contribution in [0.5, 0.6) is 0 Å². The summed E-state index contributed by atoms with van der Waals surface area (Å²) >= 11 is 1.29. The fourth-order valence-corrected chi connectivity index (χ4v) is 5.73. The van der Waals surface area contributed by atoms with E-state index in [1.54, 1.807) is 27.0 Å². The highest BCUT2D eigenvalue weighted by Crippen LogP contribution is 2.42. The monoisotopic (exact) mass is 536 g/mol. The van der Waals surface area contributed by atoms with Gasteiger partial charge in [0.15, 0.2) is 5.82 Å². The number of nitrogens with one attached hydrogen (secondary N) is 2. The Morgan fingerprint density at radius 3 is 2.57 bits per heavy atom. The molecule has 1 fully saturated rings. The molecule has 1 atom stereocenters. The van der Waals surface area contributed by atoms with E-state index >= 15 is 4.39 Å². The number of aryl methyl sites for hydroxylation is 1. The number of fused-ring (bicyclic) bond motifs is 1. The van der Waals surface area contributed by atoms with Crippen LogP contribution in [-0.2, 0) is 10.7 Å². The minimum atomic E-state index is -3.81. The van der Waals surface area contributed by atoms with E-state index in [0.29, 0.717) is 47.7 Å². The zero-order chi connectivity index (χ0) is 27.2. The number of ether oxygens (including phenoxy) is 1. The van der Waals surface area contributed by atoms with Gasteiger partial charge >= 0.3 is 5.92 Å². The first-order valence-corrected chi connectivity index (χ1v) is 12.9. The maximum Gasteiger partial charge on any atom is 0.303 e. The van der Waals surface area contributed by atoms with Crippen LogP contribution < -0.4 is 10.6 Å². The SMILES string of the molecule is COC1(C(=O)c2cc3c(N[C@H](C)c4cccc(C(F)(F)C(C)(C)O)c4F)nnc(C)c3s2)CCNCC1. The van der Waals surface area contributed by atoms with Gasteiger partial charge in [0, 0.05) is 18.1 Å². The molecular weight excluding hydrogens is 505 g/mol. The maximum atomic E-state index is 15.3. The number of halogens is 3. The lowest BCUT2D eigenvalue weighted by molar-refractivity contribution is -0.170. The van der Waals surface area contributed by atoms with Crippen molar-refractivity contribution in [2.45, 2.75) is 63.7 Å². The van der Waals surface area contributed by atoms with Crippen molar-refractivity contribution in [2.24, 2.45) is 0 Å². The number of alkyl halides is 2. The van der Waals surface area contributed by atoms with Gasteiger partial charge in [-0.15, -0.1) is 16.4 Å². The quantitative estimate of drug-likeness (QED) is 0.344. The van der Waals surface area contributed by atoms with Crippen molar-refractivity contribution < 1.29 is 27.8 Å². The van der Waals surface area contributed by atoms with E-state index in [2.05, 4.69) is 20.8 Å². The van der Waals surface area contributed by atoms with Gasteiger partial charge in [0.05, 0.1) is 26.9 Å². The molecule has 1 aliphatic heterocycles. The molecule has 3 N–H and O–H groups in total. The Kier molecular flexibility index (Phi) is 7.37. The van der Waals surface area contributed by atoms with Gasteiger partial charge in [0.1, 0.15) is 17.0 Å². The number of carbonyl (C=O) groups excluding carboxylic acids is 1. The predicted octanol–water partition coefficient (Wildman–Crippen LogP) is 5.13. The molecule has 1 saturated heterocycles. The molecule has 11 heteroatoms. The van der Waals surface area contributed by atoms with Gasteiger partial charge in [-0.3, -0.25) is 4.79 Å². The standard InChI is InChI=1S/C26H31F3N4O3S/c1-14(16-7-6-8-18(20(16)27)26(28,29)24(3,4)35)31-23-17-13-19(37-21(17)15(2)32-33-23)22(34)25(36-5)9-11-30-12-10-25/h6-8,13-14,30,35H,9-12H2,1-5H3,(H,31,33)/t14-/m1/s1. The van der Waals surface area contributed by atoms with Crippen LogP contribution in [0.3, 0.4) is 0 Å². The van der Waals surface area contributed by atoms with E-state index in [1.807, 2.05) is 0 Å². The third-order valence-corrected chi connectivity index (χ3v) is 8.25. The van der Waals surface area contributed by atoms with E-state index in [4.69, 9.17) is 4.74 Å². The van der Waals surface area contributed by atoms with Crippen LogP contribution in [0.4, 0.5) is 19.0 Å². The third kappa shape index (κ3) is 4.85. The molecule has 200 valence electrons. The summed E-state index contributed by atoms with van der Waals surface area (Å²) in [5.41, 5.74) is -3.63. The van der Waals surface area contributed by atoms with Crippen LogP contribution in [0.2, 0.25) is 0 Å². The molecular formula is C26H31F3N4O3S. The van der Waals surface area contributed by atoms with Crippen LogP contribution >= 0.6 is 11.3 Å². The zero-order valence-electron chi connectivity index (χ0n) is 21.4. The Bertz CT molecular complexity index is 1320. The molecule has 1 aliphatic rings. The maximum absolute atomic E-state index is 15.3. The normalized spacial score (nSPS) is 17.1. The Balaban J connectivity index is 1.69. The molecule has 0 saturated carbocycles. The number of rotatable bonds is 8.